The SMILES string of the molecule is COc1ccc(CNc2ncc(-c3nnc(C(F)F)o3)cn2)cc1. The van der Waals surface area contributed by atoms with Crippen molar-refractivity contribution < 1.29 is 17.9 Å². The number of hydrogen-bond donors (Lipinski definition) is 1. The molecule has 0 saturated carbocycles. The summed E-state index contributed by atoms with van der Waals surface area (Å²) >= 11 is 0. The lowest BCUT2D eigenvalue weighted by Gasteiger charge is -2.06. The maximum absolute atomic E-state index is 12.4. The summed E-state index contributed by atoms with van der Waals surface area (Å²) in [5.41, 5.74) is 1.39. The van der Waals surface area contributed by atoms with Gasteiger partial charge in [-0.2, -0.15) is 8.78 Å². The molecule has 3 rings (SSSR count). The number of ether oxygens (including phenoxy) is 1. The van der Waals surface area contributed by atoms with Crippen molar-refractivity contribution in [2.75, 3.05) is 12.4 Å². The molecule has 1 N–H and O–H groups in total. The molecule has 0 aliphatic rings. The molecule has 124 valence electrons. The van der Waals surface area contributed by atoms with Crippen molar-refractivity contribution in [2.45, 2.75) is 13.0 Å². The average molecular weight is 333 g/mol. The normalized spacial score (nSPS) is 10.8. The van der Waals surface area contributed by atoms with E-state index in [1.807, 2.05) is 24.3 Å². The smallest absolute Gasteiger partial charge is 0.314 e. The first kappa shape index (κ1) is 15.8. The summed E-state index contributed by atoms with van der Waals surface area (Å²) in [7, 11) is 1.61. The Labute approximate surface area is 135 Å². The van der Waals surface area contributed by atoms with Crippen LogP contribution in [0.15, 0.2) is 41.1 Å². The molecule has 0 radical (unpaired) electrons. The highest BCUT2D eigenvalue weighted by molar-refractivity contribution is 5.50. The van der Waals surface area contributed by atoms with Crippen LogP contribution in [0.3, 0.4) is 0 Å². The summed E-state index contributed by atoms with van der Waals surface area (Å²) in [6, 6.07) is 7.56. The first-order valence-corrected chi connectivity index (χ1v) is 6.96. The van der Waals surface area contributed by atoms with Gasteiger partial charge in [0.2, 0.25) is 5.95 Å². The van der Waals surface area contributed by atoms with E-state index in [1.54, 1.807) is 7.11 Å². The van der Waals surface area contributed by atoms with Crippen LogP contribution in [0.25, 0.3) is 11.5 Å². The Kier molecular flexibility index (Phi) is 4.59. The molecule has 2 heterocycles. The van der Waals surface area contributed by atoms with Crippen molar-refractivity contribution in [1.82, 2.24) is 20.2 Å². The number of aromatic nitrogens is 4. The highest BCUT2D eigenvalue weighted by atomic mass is 19.3. The number of halogens is 2. The van der Waals surface area contributed by atoms with Crippen molar-refractivity contribution in [3.8, 4) is 17.2 Å². The molecular formula is C15H13F2N5O2. The van der Waals surface area contributed by atoms with Crippen LogP contribution in [-0.4, -0.2) is 27.3 Å². The van der Waals surface area contributed by atoms with Gasteiger partial charge in [-0.1, -0.05) is 12.1 Å². The minimum absolute atomic E-state index is 0.0491. The fraction of sp³-hybridized carbons (Fsp3) is 0.200. The zero-order valence-corrected chi connectivity index (χ0v) is 12.6. The molecule has 0 amide bonds. The van der Waals surface area contributed by atoms with Crippen molar-refractivity contribution in [3.63, 3.8) is 0 Å². The Hall–Kier alpha value is -3.10. The minimum Gasteiger partial charge on any atom is -0.497 e. The third-order valence-corrected chi connectivity index (χ3v) is 3.14. The molecule has 7 nitrogen and oxygen atoms in total. The van der Waals surface area contributed by atoms with Crippen LogP contribution in [0.2, 0.25) is 0 Å². The molecule has 0 saturated heterocycles. The maximum Gasteiger partial charge on any atom is 0.314 e. The maximum atomic E-state index is 12.4. The molecule has 3 aromatic rings. The zero-order chi connectivity index (χ0) is 16.9. The number of hydrogen-bond acceptors (Lipinski definition) is 7. The van der Waals surface area contributed by atoms with Gasteiger partial charge in [-0.15, -0.1) is 10.2 Å². The molecular weight excluding hydrogens is 320 g/mol. The highest BCUT2D eigenvalue weighted by Crippen LogP contribution is 2.22. The predicted octanol–water partition coefficient (Wildman–Crippen LogP) is 3.08. The molecule has 0 aliphatic carbocycles. The van der Waals surface area contributed by atoms with Gasteiger partial charge < -0.3 is 14.5 Å². The molecule has 24 heavy (non-hydrogen) atoms. The molecule has 0 atom stereocenters. The summed E-state index contributed by atoms with van der Waals surface area (Å²) in [5, 5.41) is 9.85. The van der Waals surface area contributed by atoms with Gasteiger partial charge in [-0.25, -0.2) is 9.97 Å². The van der Waals surface area contributed by atoms with E-state index in [1.165, 1.54) is 12.4 Å². The highest BCUT2D eigenvalue weighted by Gasteiger charge is 2.17. The second kappa shape index (κ2) is 6.99. The lowest BCUT2D eigenvalue weighted by molar-refractivity contribution is 0.116. The minimum atomic E-state index is -2.81. The molecule has 0 bridgehead atoms. The molecule has 0 spiro atoms. The van der Waals surface area contributed by atoms with E-state index in [9.17, 15) is 8.78 Å². The molecule has 0 aliphatic heterocycles. The Morgan fingerprint density at radius 1 is 1.12 bits per heavy atom. The number of benzene rings is 1. The number of anilines is 1. The lowest BCUT2D eigenvalue weighted by atomic mass is 10.2. The summed E-state index contributed by atoms with van der Waals surface area (Å²) in [5.74, 6) is 0.393. The Morgan fingerprint density at radius 3 is 2.42 bits per heavy atom. The van der Waals surface area contributed by atoms with Gasteiger partial charge in [0.15, 0.2) is 0 Å². The van der Waals surface area contributed by atoms with E-state index < -0.39 is 12.3 Å². The van der Waals surface area contributed by atoms with Crippen LogP contribution >= 0.6 is 0 Å². The van der Waals surface area contributed by atoms with E-state index in [0.717, 1.165) is 11.3 Å². The first-order chi connectivity index (χ1) is 11.7. The molecule has 0 unspecified atom stereocenters. The van der Waals surface area contributed by atoms with Gasteiger partial charge in [0, 0.05) is 18.9 Å². The van der Waals surface area contributed by atoms with Crippen molar-refractivity contribution in [2.24, 2.45) is 0 Å². The van der Waals surface area contributed by atoms with Gasteiger partial charge in [-0.3, -0.25) is 0 Å². The fourth-order valence-corrected chi connectivity index (χ4v) is 1.89. The van der Waals surface area contributed by atoms with E-state index in [-0.39, 0.29) is 5.89 Å². The summed E-state index contributed by atoms with van der Waals surface area (Å²) in [6.45, 7) is 0.527. The Balaban J connectivity index is 1.63. The lowest BCUT2D eigenvalue weighted by Crippen LogP contribution is -2.03. The molecule has 1 aromatic carbocycles. The number of rotatable bonds is 6. The van der Waals surface area contributed by atoms with Crippen molar-refractivity contribution in [3.05, 3.63) is 48.1 Å². The van der Waals surface area contributed by atoms with Crippen LogP contribution in [0.1, 0.15) is 17.9 Å². The van der Waals surface area contributed by atoms with Crippen LogP contribution < -0.4 is 10.1 Å². The second-order valence-corrected chi connectivity index (χ2v) is 4.74. The fourth-order valence-electron chi connectivity index (χ4n) is 1.89. The monoisotopic (exact) mass is 333 g/mol. The van der Waals surface area contributed by atoms with E-state index in [2.05, 4.69) is 25.5 Å². The van der Waals surface area contributed by atoms with Crippen LogP contribution in [0.5, 0.6) is 5.75 Å². The molecule has 2 aromatic heterocycles. The number of methoxy groups -OCH3 is 1. The van der Waals surface area contributed by atoms with Gasteiger partial charge in [0.1, 0.15) is 5.75 Å². The predicted molar refractivity (Wildman–Crippen MR) is 80.6 cm³/mol. The van der Waals surface area contributed by atoms with Crippen LogP contribution in [-0.2, 0) is 6.54 Å². The second-order valence-electron chi connectivity index (χ2n) is 4.74. The summed E-state index contributed by atoms with van der Waals surface area (Å²) in [6.07, 6.45) is 0.0377. The van der Waals surface area contributed by atoms with E-state index in [4.69, 9.17) is 9.15 Å². The largest absolute Gasteiger partial charge is 0.497 e. The van der Waals surface area contributed by atoms with Gasteiger partial charge in [0.05, 0.1) is 12.7 Å². The number of nitrogens with one attached hydrogen (secondary N) is 1. The van der Waals surface area contributed by atoms with Gasteiger partial charge >= 0.3 is 6.43 Å². The zero-order valence-electron chi connectivity index (χ0n) is 12.6. The van der Waals surface area contributed by atoms with Gasteiger partial charge in [-0.05, 0) is 17.7 Å². The quantitative estimate of drug-likeness (QED) is 0.742. The molecule has 0 fully saturated rings. The summed E-state index contributed by atoms with van der Waals surface area (Å²) < 4.78 is 34.8. The standard InChI is InChI=1S/C15H13F2N5O2/c1-23-11-4-2-9(3-5-11)6-18-15-19-7-10(8-20-15)13-21-22-14(24-13)12(16)17/h2-5,7-8,12H,6H2,1H3,(H,18,19,20). The first-order valence-electron chi connectivity index (χ1n) is 6.96. The van der Waals surface area contributed by atoms with Crippen LogP contribution in [0.4, 0.5) is 14.7 Å². The van der Waals surface area contributed by atoms with E-state index >= 15 is 0 Å². The van der Waals surface area contributed by atoms with Crippen molar-refractivity contribution in [1.29, 1.82) is 0 Å². The number of nitrogens with zero attached hydrogens (tertiary/aromatic N) is 4. The van der Waals surface area contributed by atoms with Crippen molar-refractivity contribution >= 4 is 5.95 Å². The molecule has 9 heteroatoms. The van der Waals surface area contributed by atoms with Crippen LogP contribution in [0, 0.1) is 0 Å². The third-order valence-electron chi connectivity index (χ3n) is 3.14. The Bertz CT molecular complexity index is 790. The summed E-state index contributed by atoms with van der Waals surface area (Å²) in [4.78, 5) is 8.19. The topological polar surface area (TPSA) is 86.0 Å². The average Bonchev–Trinajstić information content (AvgIpc) is 3.11. The Morgan fingerprint density at radius 2 is 1.83 bits per heavy atom. The van der Waals surface area contributed by atoms with E-state index in [0.29, 0.717) is 18.1 Å². The number of alkyl halides is 2. The third kappa shape index (κ3) is 3.62. The van der Waals surface area contributed by atoms with Gasteiger partial charge in [0.25, 0.3) is 11.8 Å².